The van der Waals surface area contributed by atoms with Gasteiger partial charge in [0.1, 0.15) is 11.8 Å². The number of aromatic hydroxyl groups is 1. The molecule has 102 valence electrons. The summed E-state index contributed by atoms with van der Waals surface area (Å²) in [6, 6.07) is 6.38. The topological polar surface area (TPSA) is 60.9 Å². The number of hydrogen-bond acceptors (Lipinski definition) is 3. The quantitative estimate of drug-likeness (QED) is 0.869. The molecule has 5 nitrogen and oxygen atoms in total. The number of carbonyl (C=O) groups excluding carboxylic acids is 2. The highest BCUT2D eigenvalue weighted by Gasteiger charge is 2.34. The van der Waals surface area contributed by atoms with E-state index in [2.05, 4.69) is 0 Å². The van der Waals surface area contributed by atoms with Gasteiger partial charge in [-0.15, -0.1) is 0 Å². The Hall–Kier alpha value is -2.04. The zero-order valence-corrected chi connectivity index (χ0v) is 11.2. The van der Waals surface area contributed by atoms with Gasteiger partial charge >= 0.3 is 0 Å². The second-order valence-electron chi connectivity index (χ2n) is 4.87. The minimum absolute atomic E-state index is 0.0202. The van der Waals surface area contributed by atoms with Crippen LogP contribution in [0.4, 0.5) is 0 Å². The number of rotatable bonds is 3. The lowest BCUT2D eigenvalue weighted by Gasteiger charge is -2.23. The molecule has 1 aliphatic rings. The molecule has 1 fully saturated rings. The second-order valence-corrected chi connectivity index (χ2v) is 4.87. The Kier molecular flexibility index (Phi) is 3.74. The van der Waals surface area contributed by atoms with E-state index in [1.807, 2.05) is 0 Å². The molecule has 2 rings (SSSR count). The third-order valence-electron chi connectivity index (χ3n) is 3.59. The number of hydrogen-bond donors (Lipinski definition) is 1. The van der Waals surface area contributed by atoms with Crippen molar-refractivity contribution in [2.24, 2.45) is 0 Å². The molecule has 1 N–H and O–H groups in total. The number of phenols is 1. The van der Waals surface area contributed by atoms with E-state index in [4.69, 9.17) is 0 Å². The summed E-state index contributed by atoms with van der Waals surface area (Å²) in [5.74, 6) is -0.0672. The second kappa shape index (κ2) is 5.30. The van der Waals surface area contributed by atoms with Crippen molar-refractivity contribution in [1.29, 1.82) is 0 Å². The number of phenolic OH excluding ortho intramolecular Hbond substituents is 1. The summed E-state index contributed by atoms with van der Waals surface area (Å²) in [6.07, 6.45) is 0.773. The Morgan fingerprint density at radius 1 is 1.47 bits per heavy atom. The summed E-state index contributed by atoms with van der Waals surface area (Å²) in [7, 11) is 3.38. The van der Waals surface area contributed by atoms with Gasteiger partial charge in [0.05, 0.1) is 6.42 Å². The van der Waals surface area contributed by atoms with Crippen molar-refractivity contribution in [3.05, 3.63) is 29.8 Å². The van der Waals surface area contributed by atoms with Crippen molar-refractivity contribution in [2.75, 3.05) is 20.6 Å². The van der Waals surface area contributed by atoms with E-state index in [1.54, 1.807) is 43.3 Å². The van der Waals surface area contributed by atoms with Gasteiger partial charge in [0.25, 0.3) is 0 Å². The summed E-state index contributed by atoms with van der Waals surface area (Å²) < 4.78 is 0. The third-order valence-corrected chi connectivity index (χ3v) is 3.59. The molecule has 0 aromatic heterocycles. The van der Waals surface area contributed by atoms with E-state index >= 15 is 0 Å². The molecular formula is C14H18N2O3. The zero-order chi connectivity index (χ0) is 14.0. The van der Waals surface area contributed by atoms with Crippen molar-refractivity contribution in [1.82, 2.24) is 9.80 Å². The van der Waals surface area contributed by atoms with Gasteiger partial charge in [0, 0.05) is 26.2 Å². The van der Waals surface area contributed by atoms with Crippen LogP contribution in [-0.2, 0) is 16.0 Å². The van der Waals surface area contributed by atoms with Crippen LogP contribution in [0.25, 0.3) is 0 Å². The van der Waals surface area contributed by atoms with E-state index < -0.39 is 0 Å². The highest BCUT2D eigenvalue weighted by molar-refractivity contribution is 5.89. The fourth-order valence-electron chi connectivity index (χ4n) is 2.29. The average molecular weight is 262 g/mol. The van der Waals surface area contributed by atoms with Crippen molar-refractivity contribution < 1.29 is 14.7 Å². The minimum Gasteiger partial charge on any atom is -0.508 e. The van der Waals surface area contributed by atoms with Crippen molar-refractivity contribution >= 4 is 11.8 Å². The van der Waals surface area contributed by atoms with Crippen LogP contribution >= 0.6 is 0 Å². The molecule has 0 radical (unpaired) electrons. The van der Waals surface area contributed by atoms with Crippen LogP contribution in [0, 0.1) is 0 Å². The van der Waals surface area contributed by atoms with Crippen LogP contribution < -0.4 is 0 Å². The van der Waals surface area contributed by atoms with Gasteiger partial charge in [-0.1, -0.05) is 18.2 Å². The van der Waals surface area contributed by atoms with Crippen LogP contribution in [0.3, 0.4) is 0 Å². The van der Waals surface area contributed by atoms with Crippen LogP contribution in [0.2, 0.25) is 0 Å². The van der Waals surface area contributed by atoms with Crippen LogP contribution in [0.1, 0.15) is 12.0 Å². The SMILES string of the molecule is CN1CC[C@@H](N(C)C(=O)Cc2ccccc2O)C1=O. The maximum atomic E-state index is 12.1. The Balaban J connectivity index is 2.04. The van der Waals surface area contributed by atoms with Gasteiger partial charge in [0.2, 0.25) is 11.8 Å². The molecule has 0 saturated carbocycles. The number of amides is 2. The summed E-state index contributed by atoms with van der Waals surface area (Å²) in [5.41, 5.74) is 0.582. The van der Waals surface area contributed by atoms with E-state index in [0.29, 0.717) is 18.5 Å². The Morgan fingerprint density at radius 3 is 2.74 bits per heavy atom. The molecule has 2 amide bonds. The van der Waals surface area contributed by atoms with Gasteiger partial charge in [-0.2, -0.15) is 0 Å². The van der Waals surface area contributed by atoms with E-state index in [-0.39, 0.29) is 30.0 Å². The van der Waals surface area contributed by atoms with Crippen LogP contribution in [0.5, 0.6) is 5.75 Å². The monoisotopic (exact) mass is 262 g/mol. The summed E-state index contributed by atoms with van der Waals surface area (Å²) in [5, 5.41) is 9.65. The summed E-state index contributed by atoms with van der Waals surface area (Å²) in [4.78, 5) is 27.1. The maximum absolute atomic E-state index is 12.1. The van der Waals surface area contributed by atoms with Gasteiger partial charge in [-0.05, 0) is 12.5 Å². The van der Waals surface area contributed by atoms with Crippen molar-refractivity contribution in [2.45, 2.75) is 18.9 Å². The summed E-state index contributed by atoms with van der Waals surface area (Å²) in [6.45, 7) is 0.678. The first-order valence-corrected chi connectivity index (χ1v) is 6.28. The molecule has 1 aliphatic heterocycles. The molecular weight excluding hydrogens is 244 g/mol. The standard InChI is InChI=1S/C14H18N2O3/c1-15-8-7-11(14(15)19)16(2)13(18)9-10-5-3-4-6-12(10)17/h3-6,11,17H,7-9H2,1-2H3/t11-/m1/s1. The lowest BCUT2D eigenvalue weighted by Crippen LogP contribution is -2.42. The molecule has 0 aliphatic carbocycles. The fraction of sp³-hybridized carbons (Fsp3) is 0.429. The van der Waals surface area contributed by atoms with Gasteiger partial charge in [-0.3, -0.25) is 9.59 Å². The minimum atomic E-state index is -0.372. The molecule has 0 unspecified atom stereocenters. The molecule has 5 heteroatoms. The van der Waals surface area contributed by atoms with E-state index in [0.717, 1.165) is 0 Å². The fourth-order valence-corrected chi connectivity index (χ4v) is 2.29. The first kappa shape index (κ1) is 13.4. The largest absolute Gasteiger partial charge is 0.508 e. The normalized spacial score (nSPS) is 18.7. The molecule has 19 heavy (non-hydrogen) atoms. The molecule has 1 saturated heterocycles. The third kappa shape index (κ3) is 2.70. The van der Waals surface area contributed by atoms with Gasteiger partial charge in [0.15, 0.2) is 0 Å². The number of carbonyl (C=O) groups is 2. The lowest BCUT2D eigenvalue weighted by molar-refractivity contribution is -0.139. The highest BCUT2D eigenvalue weighted by atomic mass is 16.3. The molecule has 1 heterocycles. The number of likely N-dealkylation sites (N-methyl/N-ethyl adjacent to an activating group) is 2. The zero-order valence-electron chi connectivity index (χ0n) is 11.2. The van der Waals surface area contributed by atoms with Gasteiger partial charge < -0.3 is 14.9 Å². The Bertz CT molecular complexity index is 501. The van der Waals surface area contributed by atoms with Crippen LogP contribution in [0.15, 0.2) is 24.3 Å². The predicted octanol–water partition coefficient (Wildman–Crippen LogP) is 0.624. The van der Waals surface area contributed by atoms with E-state index in [9.17, 15) is 14.7 Å². The highest BCUT2D eigenvalue weighted by Crippen LogP contribution is 2.19. The van der Waals surface area contributed by atoms with Gasteiger partial charge in [-0.25, -0.2) is 0 Å². The molecule has 0 bridgehead atoms. The first-order valence-electron chi connectivity index (χ1n) is 6.28. The Morgan fingerprint density at radius 2 is 2.16 bits per heavy atom. The van der Waals surface area contributed by atoms with E-state index in [1.165, 1.54) is 4.90 Å². The number of nitrogens with zero attached hydrogens (tertiary/aromatic N) is 2. The predicted molar refractivity (Wildman–Crippen MR) is 70.6 cm³/mol. The number of benzene rings is 1. The van der Waals surface area contributed by atoms with Crippen molar-refractivity contribution in [3.8, 4) is 5.75 Å². The molecule has 1 atom stereocenters. The summed E-state index contributed by atoms with van der Waals surface area (Å²) >= 11 is 0. The lowest BCUT2D eigenvalue weighted by atomic mass is 10.1. The average Bonchev–Trinajstić information content (AvgIpc) is 2.72. The number of likely N-dealkylation sites (tertiary alicyclic amines) is 1. The van der Waals surface area contributed by atoms with Crippen LogP contribution in [-0.4, -0.2) is 53.4 Å². The Labute approximate surface area is 112 Å². The first-order chi connectivity index (χ1) is 9.00. The molecule has 1 aromatic rings. The molecule has 0 spiro atoms. The molecule has 1 aromatic carbocycles. The smallest absolute Gasteiger partial charge is 0.245 e. The maximum Gasteiger partial charge on any atom is 0.245 e. The number of para-hydroxylation sites is 1. The van der Waals surface area contributed by atoms with Crippen molar-refractivity contribution in [3.63, 3.8) is 0 Å².